The van der Waals surface area contributed by atoms with Gasteiger partial charge in [-0.15, -0.1) is 0 Å². The van der Waals surface area contributed by atoms with Gasteiger partial charge in [0.05, 0.1) is 18.4 Å². The van der Waals surface area contributed by atoms with Crippen molar-refractivity contribution in [3.63, 3.8) is 0 Å². The minimum absolute atomic E-state index is 0.185. The van der Waals surface area contributed by atoms with Gasteiger partial charge in [0, 0.05) is 13.1 Å². The molecule has 5 heteroatoms. The van der Waals surface area contributed by atoms with Gasteiger partial charge in [-0.2, -0.15) is 0 Å². The van der Waals surface area contributed by atoms with E-state index in [0.29, 0.717) is 0 Å². The third-order valence-electron chi connectivity index (χ3n) is 3.20. The van der Waals surface area contributed by atoms with Crippen LogP contribution in [-0.2, 0) is 14.3 Å². The van der Waals surface area contributed by atoms with Crippen LogP contribution in [0.25, 0.3) is 0 Å². The Kier molecular flexibility index (Phi) is 5.70. The Bertz CT molecular complexity index is 457. The highest BCUT2D eigenvalue weighted by Gasteiger charge is 2.30. The topological polar surface area (TPSA) is 81.4 Å². The highest BCUT2D eigenvalue weighted by Crippen LogP contribution is 2.18. The summed E-state index contributed by atoms with van der Waals surface area (Å²) in [6, 6.07) is 9.34. The third-order valence-corrected chi connectivity index (χ3v) is 3.20. The lowest BCUT2D eigenvalue weighted by Crippen LogP contribution is -2.42. The number of rotatable bonds is 6. The van der Waals surface area contributed by atoms with Gasteiger partial charge in [0.2, 0.25) is 5.91 Å². The number of hydrogen-bond donors (Lipinski definition) is 2. The Balaban J connectivity index is 2.68. The lowest BCUT2D eigenvalue weighted by molar-refractivity contribution is -0.150. The molecule has 0 aliphatic rings. The molecule has 0 aliphatic carbocycles. The minimum atomic E-state index is -0.764. The first-order valence-electron chi connectivity index (χ1n) is 6.53. The van der Waals surface area contributed by atoms with Crippen LogP contribution in [0.4, 0.5) is 0 Å². The van der Waals surface area contributed by atoms with E-state index in [1.54, 1.807) is 13.8 Å². The van der Waals surface area contributed by atoms with Gasteiger partial charge in [0.1, 0.15) is 0 Å². The first-order chi connectivity index (χ1) is 9.42. The van der Waals surface area contributed by atoms with Gasteiger partial charge in [-0.25, -0.2) is 0 Å². The molecule has 3 N–H and O–H groups in total. The fourth-order valence-corrected chi connectivity index (χ4v) is 1.86. The van der Waals surface area contributed by atoms with E-state index in [9.17, 15) is 9.59 Å². The molecule has 1 aromatic rings. The maximum atomic E-state index is 12.2. The molecular weight excluding hydrogens is 256 g/mol. The first-order valence-corrected chi connectivity index (χ1v) is 6.53. The highest BCUT2D eigenvalue weighted by atomic mass is 16.5. The van der Waals surface area contributed by atoms with Crippen molar-refractivity contribution in [3.8, 4) is 0 Å². The molecule has 1 aromatic carbocycles. The van der Waals surface area contributed by atoms with E-state index in [1.165, 1.54) is 7.11 Å². The van der Waals surface area contributed by atoms with Crippen molar-refractivity contribution < 1.29 is 14.3 Å². The van der Waals surface area contributed by atoms with Crippen LogP contribution >= 0.6 is 0 Å². The maximum absolute atomic E-state index is 12.2. The van der Waals surface area contributed by atoms with Crippen molar-refractivity contribution in [2.75, 3.05) is 20.2 Å². The number of nitrogens with two attached hydrogens (primary N) is 1. The summed E-state index contributed by atoms with van der Waals surface area (Å²) in [7, 11) is 1.33. The number of nitrogens with one attached hydrogen (secondary N) is 1. The first kappa shape index (κ1) is 16.2. The zero-order chi connectivity index (χ0) is 15.2. The molecule has 5 nitrogen and oxygen atoms in total. The van der Waals surface area contributed by atoms with E-state index in [0.717, 1.165) is 5.56 Å². The van der Waals surface area contributed by atoms with Gasteiger partial charge >= 0.3 is 5.97 Å². The number of amides is 1. The molecule has 110 valence electrons. The van der Waals surface area contributed by atoms with E-state index in [4.69, 9.17) is 10.5 Å². The lowest BCUT2D eigenvalue weighted by Gasteiger charge is -2.23. The van der Waals surface area contributed by atoms with Crippen LogP contribution in [0.2, 0.25) is 0 Å². The SMILES string of the molecule is COC(=O)C(C)(C)CNC(=O)C(CN)c1ccccc1. The summed E-state index contributed by atoms with van der Waals surface area (Å²) in [5.74, 6) is -0.956. The van der Waals surface area contributed by atoms with Crippen molar-refractivity contribution in [3.05, 3.63) is 35.9 Å². The van der Waals surface area contributed by atoms with Gasteiger partial charge in [0.25, 0.3) is 0 Å². The number of hydrogen-bond acceptors (Lipinski definition) is 4. The number of ether oxygens (including phenoxy) is 1. The van der Waals surface area contributed by atoms with E-state index < -0.39 is 11.3 Å². The monoisotopic (exact) mass is 278 g/mol. The Labute approximate surface area is 119 Å². The van der Waals surface area contributed by atoms with Gasteiger partial charge in [0.15, 0.2) is 0 Å². The Morgan fingerprint density at radius 1 is 1.30 bits per heavy atom. The smallest absolute Gasteiger partial charge is 0.313 e. The molecular formula is C15H22N2O3. The number of esters is 1. The van der Waals surface area contributed by atoms with Crippen molar-refractivity contribution in [1.82, 2.24) is 5.32 Å². The van der Waals surface area contributed by atoms with Crippen LogP contribution in [0.3, 0.4) is 0 Å². The second kappa shape index (κ2) is 7.05. The third kappa shape index (κ3) is 4.06. The molecule has 0 radical (unpaired) electrons. The van der Waals surface area contributed by atoms with Gasteiger partial charge in [-0.1, -0.05) is 30.3 Å². The number of benzene rings is 1. The molecule has 0 spiro atoms. The molecule has 1 amide bonds. The molecule has 1 atom stereocenters. The van der Waals surface area contributed by atoms with Crippen LogP contribution in [0.1, 0.15) is 25.3 Å². The average molecular weight is 278 g/mol. The summed E-state index contributed by atoms with van der Waals surface area (Å²) < 4.78 is 4.70. The van der Waals surface area contributed by atoms with Gasteiger partial charge in [-0.3, -0.25) is 9.59 Å². The van der Waals surface area contributed by atoms with E-state index >= 15 is 0 Å². The van der Waals surface area contributed by atoms with Crippen molar-refractivity contribution in [2.45, 2.75) is 19.8 Å². The standard InChI is InChI=1S/C15H22N2O3/c1-15(2,14(19)20-3)10-17-13(18)12(9-16)11-7-5-4-6-8-11/h4-8,12H,9-10,16H2,1-3H3,(H,17,18). The normalized spacial score (nSPS) is 12.6. The fourth-order valence-electron chi connectivity index (χ4n) is 1.86. The van der Waals surface area contributed by atoms with Crippen molar-refractivity contribution in [1.29, 1.82) is 0 Å². The van der Waals surface area contributed by atoms with Crippen molar-refractivity contribution >= 4 is 11.9 Å². The Hall–Kier alpha value is -1.88. The van der Waals surface area contributed by atoms with Crippen LogP contribution in [-0.4, -0.2) is 32.1 Å². The molecule has 0 saturated carbocycles. The Morgan fingerprint density at radius 2 is 1.90 bits per heavy atom. The fraction of sp³-hybridized carbons (Fsp3) is 0.467. The zero-order valence-corrected chi connectivity index (χ0v) is 12.2. The quantitative estimate of drug-likeness (QED) is 0.762. The summed E-state index contributed by atoms with van der Waals surface area (Å²) in [5, 5.41) is 2.77. The summed E-state index contributed by atoms with van der Waals surface area (Å²) >= 11 is 0. The van der Waals surface area contributed by atoms with Crippen LogP contribution in [0, 0.1) is 5.41 Å². The highest BCUT2D eigenvalue weighted by molar-refractivity contribution is 5.85. The molecule has 0 aromatic heterocycles. The number of carbonyl (C=O) groups is 2. The molecule has 0 saturated heterocycles. The maximum Gasteiger partial charge on any atom is 0.313 e. The molecule has 1 rings (SSSR count). The molecule has 0 bridgehead atoms. The Morgan fingerprint density at radius 3 is 2.40 bits per heavy atom. The van der Waals surface area contributed by atoms with E-state index in [2.05, 4.69) is 5.32 Å². The predicted molar refractivity (Wildman–Crippen MR) is 77.0 cm³/mol. The molecule has 0 fully saturated rings. The van der Waals surface area contributed by atoms with Gasteiger partial charge < -0.3 is 15.8 Å². The zero-order valence-electron chi connectivity index (χ0n) is 12.2. The van der Waals surface area contributed by atoms with Crippen LogP contribution < -0.4 is 11.1 Å². The van der Waals surface area contributed by atoms with Crippen LogP contribution in [0.15, 0.2) is 30.3 Å². The molecule has 0 aliphatic heterocycles. The minimum Gasteiger partial charge on any atom is -0.469 e. The predicted octanol–water partition coefficient (Wildman–Crippen LogP) is 1.04. The molecule has 1 unspecified atom stereocenters. The molecule has 20 heavy (non-hydrogen) atoms. The molecule has 0 heterocycles. The summed E-state index contributed by atoms with van der Waals surface area (Å²) in [4.78, 5) is 23.7. The summed E-state index contributed by atoms with van der Waals surface area (Å²) in [6.45, 7) is 3.87. The second-order valence-electron chi connectivity index (χ2n) is 5.29. The van der Waals surface area contributed by atoms with Crippen LogP contribution in [0.5, 0.6) is 0 Å². The average Bonchev–Trinajstić information content (AvgIpc) is 2.46. The van der Waals surface area contributed by atoms with E-state index in [-0.39, 0.29) is 25.0 Å². The second-order valence-corrected chi connectivity index (χ2v) is 5.29. The summed E-state index contributed by atoms with van der Waals surface area (Å²) in [5.41, 5.74) is 5.78. The lowest BCUT2D eigenvalue weighted by atomic mass is 9.92. The van der Waals surface area contributed by atoms with Gasteiger partial charge in [-0.05, 0) is 19.4 Å². The number of carbonyl (C=O) groups excluding carboxylic acids is 2. The van der Waals surface area contributed by atoms with Crippen molar-refractivity contribution in [2.24, 2.45) is 11.1 Å². The van der Waals surface area contributed by atoms with E-state index in [1.807, 2.05) is 30.3 Å². The summed E-state index contributed by atoms with van der Waals surface area (Å²) in [6.07, 6.45) is 0. The largest absolute Gasteiger partial charge is 0.469 e. The number of methoxy groups -OCH3 is 1.